The van der Waals surface area contributed by atoms with Crippen molar-refractivity contribution >= 4 is 29.0 Å². The Morgan fingerprint density at radius 1 is 1.30 bits per heavy atom. The van der Waals surface area contributed by atoms with Crippen molar-refractivity contribution in [3.8, 4) is 0 Å². The van der Waals surface area contributed by atoms with Crippen LogP contribution in [0.2, 0.25) is 0 Å². The van der Waals surface area contributed by atoms with E-state index in [2.05, 4.69) is 29.4 Å². The van der Waals surface area contributed by atoms with E-state index in [4.69, 9.17) is 0 Å². The highest BCUT2D eigenvalue weighted by molar-refractivity contribution is 8.00. The van der Waals surface area contributed by atoms with Crippen molar-refractivity contribution in [3.63, 3.8) is 0 Å². The van der Waals surface area contributed by atoms with Gasteiger partial charge in [-0.1, -0.05) is 41.6 Å². The maximum Gasteiger partial charge on any atom is 0.225 e. The lowest BCUT2D eigenvalue weighted by molar-refractivity contribution is -0.120. The molecule has 0 aliphatic carbocycles. The first kappa shape index (κ1) is 15.1. The number of aryl methyl sites for hydroxylation is 2. The monoisotopic (exact) mass is 306 g/mol. The minimum atomic E-state index is 0.0463. The van der Waals surface area contributed by atoms with Crippen LogP contribution in [0.5, 0.6) is 0 Å². The van der Waals surface area contributed by atoms with Crippen LogP contribution in [0.25, 0.3) is 0 Å². The number of hydrogen-bond acceptors (Lipinski definition) is 4. The van der Waals surface area contributed by atoms with Crippen molar-refractivity contribution in [1.29, 1.82) is 0 Å². The van der Waals surface area contributed by atoms with Gasteiger partial charge in [0.2, 0.25) is 5.91 Å². The highest BCUT2D eigenvalue weighted by Crippen LogP contribution is 2.25. The van der Waals surface area contributed by atoms with Crippen molar-refractivity contribution in [1.82, 2.24) is 10.3 Å². The van der Waals surface area contributed by atoms with Gasteiger partial charge in [-0.25, -0.2) is 4.98 Å². The van der Waals surface area contributed by atoms with Crippen LogP contribution in [0.15, 0.2) is 28.6 Å². The molecule has 0 aliphatic heterocycles. The molecule has 2 rings (SSSR count). The predicted octanol–water partition coefficient (Wildman–Crippen LogP) is 3.34. The summed E-state index contributed by atoms with van der Waals surface area (Å²) in [5.41, 5.74) is 3.31. The zero-order valence-corrected chi connectivity index (χ0v) is 13.5. The normalized spacial score (nSPS) is 10.6. The minimum absolute atomic E-state index is 0.0463. The Morgan fingerprint density at radius 2 is 2.00 bits per heavy atom. The molecular weight excluding hydrogens is 288 g/mol. The molecule has 1 N–H and O–H groups in total. The van der Waals surface area contributed by atoms with Gasteiger partial charge in [-0.05, 0) is 25.7 Å². The standard InChI is InChI=1S/C15H18N2OS2/c1-10-4-6-12(7-5-10)9-16-14(18)8-13-11(2)17-15(19-3)20-13/h4-7H,8-9H2,1-3H3,(H,16,18). The van der Waals surface area contributed by atoms with Gasteiger partial charge in [-0.2, -0.15) is 0 Å². The molecule has 0 radical (unpaired) electrons. The number of nitrogens with zero attached hydrogens (tertiary/aromatic N) is 1. The molecule has 5 heteroatoms. The summed E-state index contributed by atoms with van der Waals surface area (Å²) in [5.74, 6) is 0.0463. The van der Waals surface area contributed by atoms with Crippen LogP contribution in [0.3, 0.4) is 0 Å². The van der Waals surface area contributed by atoms with Crippen molar-refractivity contribution < 1.29 is 4.79 Å². The second kappa shape index (κ2) is 6.90. The first-order valence-corrected chi connectivity index (χ1v) is 8.45. The molecule has 0 atom stereocenters. The molecule has 20 heavy (non-hydrogen) atoms. The van der Waals surface area contributed by atoms with Gasteiger partial charge < -0.3 is 5.32 Å². The molecule has 2 aromatic rings. The molecule has 1 heterocycles. The molecule has 1 aromatic heterocycles. The maximum absolute atomic E-state index is 12.0. The van der Waals surface area contributed by atoms with Crippen LogP contribution in [0.4, 0.5) is 0 Å². The summed E-state index contributed by atoms with van der Waals surface area (Å²) in [6, 6.07) is 8.19. The third-order valence-corrected chi connectivity index (χ3v) is 5.12. The average molecular weight is 306 g/mol. The summed E-state index contributed by atoms with van der Waals surface area (Å²) in [7, 11) is 0. The number of amides is 1. The SMILES string of the molecule is CSc1nc(C)c(CC(=O)NCc2ccc(C)cc2)s1. The third kappa shape index (κ3) is 4.08. The average Bonchev–Trinajstić information content (AvgIpc) is 2.79. The number of benzene rings is 1. The lowest BCUT2D eigenvalue weighted by Crippen LogP contribution is -2.24. The van der Waals surface area contributed by atoms with Gasteiger partial charge in [0.15, 0.2) is 0 Å². The molecule has 0 saturated heterocycles. The highest BCUT2D eigenvalue weighted by Gasteiger charge is 2.11. The highest BCUT2D eigenvalue weighted by atomic mass is 32.2. The molecule has 0 spiro atoms. The molecule has 0 fully saturated rings. The summed E-state index contributed by atoms with van der Waals surface area (Å²) in [5, 5.41) is 2.95. The number of nitrogens with one attached hydrogen (secondary N) is 1. The van der Waals surface area contributed by atoms with Gasteiger partial charge in [0.25, 0.3) is 0 Å². The molecule has 1 aromatic carbocycles. The fourth-order valence-corrected chi connectivity index (χ4v) is 3.42. The second-order valence-electron chi connectivity index (χ2n) is 4.63. The molecule has 0 unspecified atom stereocenters. The van der Waals surface area contributed by atoms with Crippen LogP contribution < -0.4 is 5.32 Å². The zero-order chi connectivity index (χ0) is 14.5. The second-order valence-corrected chi connectivity index (χ2v) is 6.77. The Labute approximate surface area is 127 Å². The molecule has 0 bridgehead atoms. The van der Waals surface area contributed by atoms with E-state index in [9.17, 15) is 4.79 Å². The van der Waals surface area contributed by atoms with Crippen molar-refractivity contribution in [2.75, 3.05) is 6.26 Å². The van der Waals surface area contributed by atoms with E-state index in [1.54, 1.807) is 23.1 Å². The van der Waals surface area contributed by atoms with Gasteiger partial charge >= 0.3 is 0 Å². The smallest absolute Gasteiger partial charge is 0.225 e. The Kier molecular flexibility index (Phi) is 5.20. The Morgan fingerprint density at radius 3 is 2.60 bits per heavy atom. The number of thiazole rings is 1. The van der Waals surface area contributed by atoms with E-state index in [1.807, 2.05) is 25.3 Å². The molecule has 0 saturated carbocycles. The Bertz CT molecular complexity index is 590. The number of thioether (sulfide) groups is 1. The van der Waals surface area contributed by atoms with Crippen LogP contribution in [0.1, 0.15) is 21.7 Å². The van der Waals surface area contributed by atoms with E-state index in [1.165, 1.54) is 5.56 Å². The molecule has 0 aliphatic rings. The van der Waals surface area contributed by atoms with Gasteiger partial charge in [0.05, 0.1) is 12.1 Å². The summed E-state index contributed by atoms with van der Waals surface area (Å²) < 4.78 is 1.02. The number of aromatic nitrogens is 1. The predicted molar refractivity (Wildman–Crippen MR) is 85.4 cm³/mol. The Hall–Kier alpha value is -1.33. The lowest BCUT2D eigenvalue weighted by Gasteiger charge is -2.05. The van der Waals surface area contributed by atoms with E-state index in [0.717, 1.165) is 20.5 Å². The fraction of sp³-hybridized carbons (Fsp3) is 0.333. The van der Waals surface area contributed by atoms with Crippen LogP contribution in [0, 0.1) is 13.8 Å². The fourth-order valence-electron chi connectivity index (χ4n) is 1.77. The summed E-state index contributed by atoms with van der Waals surface area (Å²) in [4.78, 5) is 17.4. The number of carbonyl (C=O) groups is 1. The number of carbonyl (C=O) groups excluding carboxylic acids is 1. The molecule has 1 amide bonds. The van der Waals surface area contributed by atoms with Gasteiger partial charge in [0.1, 0.15) is 4.34 Å². The largest absolute Gasteiger partial charge is 0.352 e. The minimum Gasteiger partial charge on any atom is -0.352 e. The summed E-state index contributed by atoms with van der Waals surface area (Å²) in [6.07, 6.45) is 2.41. The molecular formula is C15H18N2OS2. The van der Waals surface area contributed by atoms with Crippen LogP contribution in [-0.4, -0.2) is 17.1 Å². The van der Waals surface area contributed by atoms with Gasteiger partial charge in [0, 0.05) is 11.4 Å². The van der Waals surface area contributed by atoms with Gasteiger partial charge in [-0.15, -0.1) is 11.3 Å². The van der Waals surface area contributed by atoms with E-state index >= 15 is 0 Å². The van der Waals surface area contributed by atoms with E-state index < -0.39 is 0 Å². The van der Waals surface area contributed by atoms with Crippen LogP contribution in [-0.2, 0) is 17.8 Å². The van der Waals surface area contributed by atoms with Crippen molar-refractivity contribution in [2.45, 2.75) is 31.2 Å². The topological polar surface area (TPSA) is 42.0 Å². The Balaban J connectivity index is 1.89. The quantitative estimate of drug-likeness (QED) is 0.862. The number of rotatable bonds is 5. The van der Waals surface area contributed by atoms with Crippen LogP contribution >= 0.6 is 23.1 Å². The van der Waals surface area contributed by atoms with E-state index in [-0.39, 0.29) is 5.91 Å². The molecule has 3 nitrogen and oxygen atoms in total. The van der Waals surface area contributed by atoms with E-state index in [0.29, 0.717) is 13.0 Å². The number of hydrogen-bond donors (Lipinski definition) is 1. The maximum atomic E-state index is 12.0. The summed E-state index contributed by atoms with van der Waals surface area (Å²) in [6.45, 7) is 4.59. The molecule has 106 valence electrons. The van der Waals surface area contributed by atoms with Gasteiger partial charge in [-0.3, -0.25) is 4.79 Å². The van der Waals surface area contributed by atoms with Crippen molar-refractivity contribution in [2.24, 2.45) is 0 Å². The summed E-state index contributed by atoms with van der Waals surface area (Å²) >= 11 is 3.22. The zero-order valence-electron chi connectivity index (χ0n) is 11.9. The third-order valence-electron chi connectivity index (χ3n) is 2.98. The van der Waals surface area contributed by atoms with Crippen molar-refractivity contribution in [3.05, 3.63) is 46.0 Å². The lowest BCUT2D eigenvalue weighted by atomic mass is 10.1. The first-order valence-electron chi connectivity index (χ1n) is 6.41. The first-order chi connectivity index (χ1) is 9.58.